The van der Waals surface area contributed by atoms with Gasteiger partial charge in [-0.2, -0.15) is 5.26 Å². The summed E-state index contributed by atoms with van der Waals surface area (Å²) in [6, 6.07) is 29.3. The van der Waals surface area contributed by atoms with E-state index in [1.54, 1.807) is 23.2 Å². The lowest BCUT2D eigenvalue weighted by Crippen LogP contribution is -2.47. The highest BCUT2D eigenvalue weighted by Crippen LogP contribution is 2.40. The van der Waals surface area contributed by atoms with Gasteiger partial charge in [-0.3, -0.25) is 9.69 Å². The molecule has 0 N–H and O–H groups in total. The normalized spacial score (nSPS) is 17.7. The van der Waals surface area contributed by atoms with E-state index in [0.717, 1.165) is 16.7 Å². The molecule has 1 atom stereocenters. The summed E-state index contributed by atoms with van der Waals surface area (Å²) in [5, 5.41) is 10.3. The van der Waals surface area contributed by atoms with Crippen molar-refractivity contribution in [3.8, 4) is 6.07 Å². The van der Waals surface area contributed by atoms with Gasteiger partial charge >= 0.3 is 0 Å². The summed E-state index contributed by atoms with van der Waals surface area (Å²) in [6.07, 6.45) is 7.98. The first-order chi connectivity index (χ1) is 14.2. The van der Waals surface area contributed by atoms with Crippen LogP contribution in [0.4, 0.5) is 0 Å². The Morgan fingerprint density at radius 1 is 0.931 bits per heavy atom. The van der Waals surface area contributed by atoms with Crippen LogP contribution in [0.1, 0.15) is 33.5 Å². The van der Waals surface area contributed by atoms with E-state index in [9.17, 15) is 10.1 Å². The Balaban J connectivity index is 1.77. The van der Waals surface area contributed by atoms with Gasteiger partial charge in [-0.15, -0.1) is 0 Å². The molecule has 0 saturated heterocycles. The van der Waals surface area contributed by atoms with Crippen LogP contribution in [-0.4, -0.2) is 10.8 Å². The van der Waals surface area contributed by atoms with Gasteiger partial charge in [0.1, 0.15) is 0 Å². The summed E-state index contributed by atoms with van der Waals surface area (Å²) in [5.74, 6) is -0.189. The summed E-state index contributed by atoms with van der Waals surface area (Å²) < 4.78 is 0. The largest absolute Gasteiger partial charge is 0.291 e. The molecule has 140 valence electrons. The number of carbonyl (C=O) groups excluding carboxylic acids is 1. The Hall–Kier alpha value is -3.90. The van der Waals surface area contributed by atoms with Gasteiger partial charge in [0.25, 0.3) is 5.91 Å². The van der Waals surface area contributed by atoms with Crippen molar-refractivity contribution >= 4 is 18.1 Å². The minimum absolute atomic E-state index is 0.189. The molecule has 4 rings (SSSR count). The van der Waals surface area contributed by atoms with Crippen molar-refractivity contribution in [2.45, 2.75) is 12.0 Å². The van der Waals surface area contributed by atoms with Gasteiger partial charge in [-0.1, -0.05) is 84.9 Å². The van der Waals surface area contributed by atoms with Crippen LogP contribution < -0.4 is 0 Å². The van der Waals surface area contributed by atoms with E-state index in [1.165, 1.54) is 0 Å². The number of carbonyl (C=O) groups is 1. The van der Waals surface area contributed by atoms with E-state index >= 15 is 0 Å². The Morgan fingerprint density at radius 2 is 1.59 bits per heavy atom. The van der Waals surface area contributed by atoms with E-state index in [0.29, 0.717) is 12.0 Å². The van der Waals surface area contributed by atoms with Gasteiger partial charge in [-0.05, 0) is 34.9 Å². The molecule has 1 aliphatic rings. The Morgan fingerprint density at radius 3 is 2.31 bits per heavy atom. The second-order valence-electron chi connectivity index (χ2n) is 6.93. The molecule has 1 unspecified atom stereocenters. The summed E-state index contributed by atoms with van der Waals surface area (Å²) in [5.41, 5.74) is 2.31. The number of hydrogen-bond donors (Lipinski definition) is 0. The van der Waals surface area contributed by atoms with Crippen molar-refractivity contribution < 1.29 is 4.79 Å². The summed E-state index contributed by atoms with van der Waals surface area (Å²) in [6.45, 7) is 0. The zero-order chi connectivity index (χ0) is 20.1. The predicted octanol–water partition coefficient (Wildman–Crippen LogP) is 5.64. The molecule has 3 aromatic carbocycles. The third kappa shape index (κ3) is 3.49. The van der Waals surface area contributed by atoms with Gasteiger partial charge in [0.05, 0.1) is 6.07 Å². The third-order valence-electron chi connectivity index (χ3n) is 5.17. The zero-order valence-corrected chi connectivity index (χ0v) is 15.9. The first-order valence-corrected chi connectivity index (χ1v) is 9.54. The van der Waals surface area contributed by atoms with Crippen LogP contribution in [-0.2, 0) is 5.54 Å². The Kier molecular flexibility index (Phi) is 5.09. The van der Waals surface area contributed by atoms with Crippen molar-refractivity contribution in [2.24, 2.45) is 0 Å². The lowest BCUT2D eigenvalue weighted by Gasteiger charge is -2.40. The number of hydrogen-bond acceptors (Lipinski definition) is 2. The van der Waals surface area contributed by atoms with Crippen LogP contribution >= 0.6 is 0 Å². The highest BCUT2D eigenvalue weighted by atomic mass is 16.2. The highest BCUT2D eigenvalue weighted by Gasteiger charge is 2.43. The standard InChI is InChI=1S/C26H20N2O/c27-20-26(18-9-12-21-10-3-1-4-11-21)24-16-8-7-13-22(24)17-19-28(26)25(29)23-14-5-2-6-15-23/h1-17,19H,18H2/b12-9+. The molecule has 3 nitrogen and oxygen atoms in total. The molecule has 0 aliphatic carbocycles. The minimum atomic E-state index is -1.11. The molecule has 0 radical (unpaired) electrons. The molecule has 0 aromatic heterocycles. The fourth-order valence-corrected chi connectivity index (χ4v) is 3.69. The highest BCUT2D eigenvalue weighted by molar-refractivity contribution is 5.96. The molecule has 0 saturated carbocycles. The average molecular weight is 376 g/mol. The van der Waals surface area contributed by atoms with Crippen molar-refractivity contribution in [1.29, 1.82) is 5.26 Å². The smallest absolute Gasteiger partial charge is 0.259 e. The van der Waals surface area contributed by atoms with Gasteiger partial charge in [0.15, 0.2) is 5.54 Å². The second kappa shape index (κ2) is 8.00. The molecule has 29 heavy (non-hydrogen) atoms. The van der Waals surface area contributed by atoms with Crippen LogP contribution in [0.25, 0.3) is 12.2 Å². The third-order valence-corrected chi connectivity index (χ3v) is 5.17. The van der Waals surface area contributed by atoms with Gasteiger partial charge in [-0.25, -0.2) is 0 Å². The molecule has 0 spiro atoms. The molecule has 3 heteroatoms. The molecule has 1 heterocycles. The van der Waals surface area contributed by atoms with E-state index in [2.05, 4.69) is 6.07 Å². The summed E-state index contributed by atoms with van der Waals surface area (Å²) in [7, 11) is 0. The average Bonchev–Trinajstić information content (AvgIpc) is 2.80. The quantitative estimate of drug-likeness (QED) is 0.592. The first-order valence-electron chi connectivity index (χ1n) is 9.54. The maximum Gasteiger partial charge on any atom is 0.259 e. The molecule has 1 amide bonds. The van der Waals surface area contributed by atoms with Crippen LogP contribution in [0.15, 0.2) is 97.2 Å². The minimum Gasteiger partial charge on any atom is -0.291 e. The number of rotatable bonds is 4. The number of nitrogens with zero attached hydrogens (tertiary/aromatic N) is 2. The van der Waals surface area contributed by atoms with Crippen LogP contribution in [0.5, 0.6) is 0 Å². The molecule has 1 aliphatic heterocycles. The maximum absolute atomic E-state index is 13.3. The van der Waals surface area contributed by atoms with E-state index in [1.807, 2.05) is 91.0 Å². The van der Waals surface area contributed by atoms with E-state index in [-0.39, 0.29) is 5.91 Å². The SMILES string of the molecule is N#CC1(C/C=C/c2ccccc2)c2ccccc2C=CN1C(=O)c1ccccc1. The van der Waals surface area contributed by atoms with Crippen LogP contribution in [0.2, 0.25) is 0 Å². The zero-order valence-electron chi connectivity index (χ0n) is 15.9. The topological polar surface area (TPSA) is 44.1 Å². The predicted molar refractivity (Wildman–Crippen MR) is 115 cm³/mol. The Bertz CT molecular complexity index is 1110. The molecule has 0 bridgehead atoms. The lowest BCUT2D eigenvalue weighted by molar-refractivity contribution is 0.0700. The first kappa shape index (κ1) is 18.5. The number of benzene rings is 3. The van der Waals surface area contributed by atoms with Crippen molar-refractivity contribution in [2.75, 3.05) is 0 Å². The molecular weight excluding hydrogens is 356 g/mol. The monoisotopic (exact) mass is 376 g/mol. The summed E-state index contributed by atoms with van der Waals surface area (Å²) >= 11 is 0. The van der Waals surface area contributed by atoms with Crippen molar-refractivity contribution in [3.05, 3.63) is 119 Å². The molecule has 0 fully saturated rings. The summed E-state index contributed by atoms with van der Waals surface area (Å²) in [4.78, 5) is 14.9. The fourth-order valence-electron chi connectivity index (χ4n) is 3.69. The van der Waals surface area contributed by atoms with Crippen LogP contribution in [0, 0.1) is 11.3 Å². The number of amides is 1. The van der Waals surface area contributed by atoms with Gasteiger partial charge in [0, 0.05) is 18.2 Å². The number of nitriles is 1. The molecule has 3 aromatic rings. The number of fused-ring (bicyclic) bond motifs is 1. The van der Waals surface area contributed by atoms with Crippen molar-refractivity contribution in [3.63, 3.8) is 0 Å². The van der Waals surface area contributed by atoms with Gasteiger partial charge in [0.2, 0.25) is 0 Å². The maximum atomic E-state index is 13.3. The second-order valence-corrected chi connectivity index (χ2v) is 6.93. The van der Waals surface area contributed by atoms with Crippen molar-refractivity contribution in [1.82, 2.24) is 4.90 Å². The van der Waals surface area contributed by atoms with E-state index < -0.39 is 5.54 Å². The van der Waals surface area contributed by atoms with Gasteiger partial charge < -0.3 is 0 Å². The lowest BCUT2D eigenvalue weighted by atomic mass is 9.80. The molecular formula is C26H20N2O. The fraction of sp³-hybridized carbons (Fsp3) is 0.0769. The van der Waals surface area contributed by atoms with E-state index in [4.69, 9.17) is 0 Å². The van der Waals surface area contributed by atoms with Crippen LogP contribution in [0.3, 0.4) is 0 Å². The Labute approximate surface area is 170 Å².